The van der Waals surface area contributed by atoms with Gasteiger partial charge in [-0.2, -0.15) is 0 Å². The summed E-state index contributed by atoms with van der Waals surface area (Å²) in [5.74, 6) is 6.13. The van der Waals surface area contributed by atoms with Gasteiger partial charge in [0.2, 0.25) is 0 Å². The van der Waals surface area contributed by atoms with Crippen molar-refractivity contribution >= 4 is 0 Å². The molecule has 0 bridgehead atoms. The third-order valence-corrected chi connectivity index (χ3v) is 1.26. The van der Waals surface area contributed by atoms with E-state index in [0.29, 0.717) is 0 Å². The molecule has 0 aromatic heterocycles. The van der Waals surface area contributed by atoms with Crippen molar-refractivity contribution in [3.05, 3.63) is 29.8 Å². The highest BCUT2D eigenvalue weighted by molar-refractivity contribution is 5.38. The quantitative estimate of drug-likeness (QED) is 0.556. The van der Waals surface area contributed by atoms with Gasteiger partial charge in [-0.15, -0.1) is 0 Å². The summed E-state index contributed by atoms with van der Waals surface area (Å²) in [5.41, 5.74) is 0.867. The molecule has 1 aromatic carbocycles. The molecule has 1 heteroatoms. The van der Waals surface area contributed by atoms with E-state index in [1.807, 2.05) is 13.0 Å². The first-order valence-electron chi connectivity index (χ1n) is 3.61. The average Bonchev–Trinajstić information content (AvgIpc) is 2.01. The fourth-order valence-corrected chi connectivity index (χ4v) is 0.774. The van der Waals surface area contributed by atoms with Gasteiger partial charge >= 0.3 is 0 Å². The van der Waals surface area contributed by atoms with E-state index < -0.39 is 0 Å². The maximum atomic E-state index is 9.04. The Bertz CT molecular complexity index is 291. The zero-order valence-corrected chi connectivity index (χ0v) is 6.46. The lowest BCUT2D eigenvalue weighted by Crippen LogP contribution is -1.71. The van der Waals surface area contributed by atoms with E-state index in [0.717, 1.165) is 12.0 Å². The van der Waals surface area contributed by atoms with Crippen LogP contribution in [0.15, 0.2) is 24.3 Å². The number of hydrogen-bond donors (Lipinski definition) is 1. The fourth-order valence-electron chi connectivity index (χ4n) is 0.774. The minimum Gasteiger partial charge on any atom is -0.508 e. The van der Waals surface area contributed by atoms with Crippen molar-refractivity contribution in [1.29, 1.82) is 0 Å². The Hall–Kier alpha value is -1.42. The topological polar surface area (TPSA) is 20.2 Å². The Morgan fingerprint density at radius 2 is 2.27 bits per heavy atom. The van der Waals surface area contributed by atoms with Crippen LogP contribution in [0.1, 0.15) is 18.9 Å². The smallest absolute Gasteiger partial charge is 0.116 e. The SMILES string of the molecule is CCC#Cc1cccc(O)c1. The maximum absolute atomic E-state index is 9.04. The molecule has 0 aliphatic carbocycles. The van der Waals surface area contributed by atoms with E-state index in [2.05, 4.69) is 11.8 Å². The van der Waals surface area contributed by atoms with Crippen molar-refractivity contribution in [2.75, 3.05) is 0 Å². The highest BCUT2D eigenvalue weighted by atomic mass is 16.3. The van der Waals surface area contributed by atoms with Gasteiger partial charge in [0, 0.05) is 12.0 Å². The summed E-state index contributed by atoms with van der Waals surface area (Å²) in [6.07, 6.45) is 0.843. The molecule has 0 heterocycles. The standard InChI is InChI=1S/C10H10O/c1-2-3-5-9-6-4-7-10(11)8-9/h4,6-8,11H,2H2,1H3. The summed E-state index contributed by atoms with van der Waals surface area (Å²) in [5, 5.41) is 9.04. The molecule has 1 aromatic rings. The number of aromatic hydroxyl groups is 1. The molecular weight excluding hydrogens is 136 g/mol. The van der Waals surface area contributed by atoms with Crippen LogP contribution >= 0.6 is 0 Å². The first-order valence-corrected chi connectivity index (χ1v) is 3.61. The van der Waals surface area contributed by atoms with E-state index in [4.69, 9.17) is 5.11 Å². The Morgan fingerprint density at radius 3 is 2.91 bits per heavy atom. The maximum Gasteiger partial charge on any atom is 0.116 e. The fraction of sp³-hybridized carbons (Fsp3) is 0.200. The monoisotopic (exact) mass is 146 g/mol. The van der Waals surface area contributed by atoms with Gasteiger partial charge in [0.25, 0.3) is 0 Å². The molecule has 0 fully saturated rings. The third kappa shape index (κ3) is 2.35. The number of benzene rings is 1. The summed E-state index contributed by atoms with van der Waals surface area (Å²) >= 11 is 0. The van der Waals surface area contributed by atoms with Crippen LogP contribution in [0, 0.1) is 11.8 Å². The average molecular weight is 146 g/mol. The molecule has 0 aliphatic rings. The van der Waals surface area contributed by atoms with Crippen LogP contribution in [-0.2, 0) is 0 Å². The Balaban J connectivity index is 2.87. The van der Waals surface area contributed by atoms with Crippen molar-refractivity contribution in [1.82, 2.24) is 0 Å². The van der Waals surface area contributed by atoms with Crippen molar-refractivity contribution in [2.45, 2.75) is 13.3 Å². The zero-order valence-electron chi connectivity index (χ0n) is 6.46. The van der Waals surface area contributed by atoms with Gasteiger partial charge in [0.15, 0.2) is 0 Å². The molecule has 11 heavy (non-hydrogen) atoms. The first kappa shape index (κ1) is 7.68. The number of phenolic OH excluding ortho intramolecular Hbond substituents is 1. The normalized spacial score (nSPS) is 8.45. The minimum absolute atomic E-state index is 0.271. The second-order valence-corrected chi connectivity index (χ2v) is 2.21. The van der Waals surface area contributed by atoms with E-state index in [9.17, 15) is 0 Å². The molecule has 0 unspecified atom stereocenters. The first-order chi connectivity index (χ1) is 5.33. The Kier molecular flexibility index (Phi) is 2.57. The predicted molar refractivity (Wildman–Crippen MR) is 45.3 cm³/mol. The molecule has 0 spiro atoms. The zero-order chi connectivity index (χ0) is 8.10. The largest absolute Gasteiger partial charge is 0.508 e. The molecule has 0 saturated heterocycles. The highest BCUT2D eigenvalue weighted by Crippen LogP contribution is 2.09. The molecule has 0 amide bonds. The molecule has 1 rings (SSSR count). The van der Waals surface area contributed by atoms with Gasteiger partial charge in [0.05, 0.1) is 0 Å². The summed E-state index contributed by atoms with van der Waals surface area (Å²) in [6.45, 7) is 2.00. The molecule has 0 aliphatic heterocycles. The molecular formula is C10H10O. The van der Waals surface area contributed by atoms with Gasteiger partial charge in [-0.05, 0) is 18.2 Å². The predicted octanol–water partition coefficient (Wildman–Crippen LogP) is 2.15. The second kappa shape index (κ2) is 3.68. The van der Waals surface area contributed by atoms with E-state index in [1.54, 1.807) is 18.2 Å². The molecule has 56 valence electrons. The van der Waals surface area contributed by atoms with Gasteiger partial charge in [-0.3, -0.25) is 0 Å². The number of rotatable bonds is 0. The van der Waals surface area contributed by atoms with E-state index >= 15 is 0 Å². The van der Waals surface area contributed by atoms with Gasteiger partial charge in [-0.25, -0.2) is 0 Å². The summed E-state index contributed by atoms with van der Waals surface area (Å²) in [4.78, 5) is 0. The molecule has 1 N–H and O–H groups in total. The number of hydrogen-bond acceptors (Lipinski definition) is 1. The van der Waals surface area contributed by atoms with Crippen LogP contribution in [0.3, 0.4) is 0 Å². The van der Waals surface area contributed by atoms with Gasteiger partial charge in [0.1, 0.15) is 5.75 Å². The summed E-state index contributed by atoms with van der Waals surface area (Å²) in [6, 6.07) is 6.96. The van der Waals surface area contributed by atoms with Gasteiger partial charge < -0.3 is 5.11 Å². The molecule has 1 nitrogen and oxygen atoms in total. The highest BCUT2D eigenvalue weighted by Gasteiger charge is 1.87. The van der Waals surface area contributed by atoms with E-state index in [-0.39, 0.29) is 5.75 Å². The lowest BCUT2D eigenvalue weighted by molar-refractivity contribution is 0.475. The summed E-state index contributed by atoms with van der Waals surface area (Å²) < 4.78 is 0. The molecule has 0 atom stereocenters. The molecule has 0 saturated carbocycles. The van der Waals surface area contributed by atoms with Crippen LogP contribution in [0.25, 0.3) is 0 Å². The van der Waals surface area contributed by atoms with E-state index in [1.165, 1.54) is 0 Å². The van der Waals surface area contributed by atoms with Crippen LogP contribution in [0.5, 0.6) is 5.75 Å². The lowest BCUT2D eigenvalue weighted by Gasteiger charge is -1.90. The number of phenols is 1. The minimum atomic E-state index is 0.271. The Morgan fingerprint density at radius 1 is 1.45 bits per heavy atom. The second-order valence-electron chi connectivity index (χ2n) is 2.21. The van der Waals surface area contributed by atoms with Crippen molar-refractivity contribution in [3.8, 4) is 17.6 Å². The third-order valence-electron chi connectivity index (χ3n) is 1.26. The summed E-state index contributed by atoms with van der Waals surface area (Å²) in [7, 11) is 0. The Labute approximate surface area is 66.7 Å². The van der Waals surface area contributed by atoms with Crippen LogP contribution in [-0.4, -0.2) is 5.11 Å². The van der Waals surface area contributed by atoms with Crippen molar-refractivity contribution in [3.63, 3.8) is 0 Å². The molecule has 0 radical (unpaired) electrons. The van der Waals surface area contributed by atoms with Gasteiger partial charge in [-0.1, -0.05) is 24.8 Å². The van der Waals surface area contributed by atoms with Crippen molar-refractivity contribution < 1.29 is 5.11 Å². The van der Waals surface area contributed by atoms with Crippen LogP contribution < -0.4 is 0 Å². The van der Waals surface area contributed by atoms with Crippen LogP contribution in [0.4, 0.5) is 0 Å². The van der Waals surface area contributed by atoms with Crippen molar-refractivity contribution in [2.24, 2.45) is 0 Å². The van der Waals surface area contributed by atoms with Crippen LogP contribution in [0.2, 0.25) is 0 Å². The lowest BCUT2D eigenvalue weighted by atomic mass is 10.2.